The van der Waals surface area contributed by atoms with Gasteiger partial charge in [0.1, 0.15) is 17.5 Å². The zero-order valence-electron chi connectivity index (χ0n) is 24.4. The van der Waals surface area contributed by atoms with Gasteiger partial charge in [0.15, 0.2) is 0 Å². The summed E-state index contributed by atoms with van der Waals surface area (Å²) in [5.41, 5.74) is 2.28. The number of hydrogen-bond acceptors (Lipinski definition) is 4. The number of alkyl carbamates (subject to hydrolysis) is 1. The lowest BCUT2D eigenvalue weighted by atomic mass is 9.85. The standard InChI is InChI=1S/C32H42Cl2FN3O3/c1-32(2,3)41-31(40)36-29(20-24-8-9-25(33)21-28(24)34)30(39)38-17-12-22(13-18-38)27-11-10-26(35)19-23(27)7-6-16-37-14-4-5-15-37/h8-11,19,21-22,29H,4-7,12-18,20H2,1-3H3,(H,36,40)/t29-/m1/s1. The zero-order chi connectivity index (χ0) is 29.6. The molecule has 0 aliphatic carbocycles. The quantitative estimate of drug-likeness (QED) is 0.334. The van der Waals surface area contributed by atoms with Crippen LogP contribution in [0.25, 0.3) is 0 Å². The van der Waals surface area contributed by atoms with E-state index in [1.807, 2.05) is 6.07 Å². The van der Waals surface area contributed by atoms with E-state index < -0.39 is 17.7 Å². The summed E-state index contributed by atoms with van der Waals surface area (Å²) in [4.78, 5) is 30.7. The van der Waals surface area contributed by atoms with Crippen molar-refractivity contribution in [2.45, 2.75) is 83.3 Å². The molecule has 0 radical (unpaired) electrons. The van der Waals surface area contributed by atoms with E-state index in [1.54, 1.807) is 56.0 Å². The highest BCUT2D eigenvalue weighted by molar-refractivity contribution is 6.35. The van der Waals surface area contributed by atoms with Gasteiger partial charge in [-0.05, 0) is 126 Å². The molecule has 9 heteroatoms. The van der Waals surface area contributed by atoms with Gasteiger partial charge in [0.2, 0.25) is 5.91 Å². The van der Waals surface area contributed by atoms with Crippen LogP contribution in [0.3, 0.4) is 0 Å². The molecular weight excluding hydrogens is 564 g/mol. The van der Waals surface area contributed by atoms with Crippen molar-refractivity contribution < 1.29 is 18.7 Å². The second-order valence-electron chi connectivity index (χ2n) is 12.2. The van der Waals surface area contributed by atoms with Gasteiger partial charge in [0, 0.05) is 29.6 Å². The van der Waals surface area contributed by atoms with Gasteiger partial charge in [-0.1, -0.05) is 35.3 Å². The Bertz CT molecular complexity index is 1210. The first-order valence-electron chi connectivity index (χ1n) is 14.7. The van der Waals surface area contributed by atoms with E-state index in [9.17, 15) is 14.0 Å². The first-order valence-corrected chi connectivity index (χ1v) is 15.5. The van der Waals surface area contributed by atoms with Crippen molar-refractivity contribution in [1.82, 2.24) is 15.1 Å². The van der Waals surface area contributed by atoms with Gasteiger partial charge in [-0.15, -0.1) is 0 Å². The van der Waals surface area contributed by atoms with Crippen LogP contribution in [0.2, 0.25) is 10.0 Å². The highest BCUT2D eigenvalue weighted by atomic mass is 35.5. The van der Waals surface area contributed by atoms with E-state index in [1.165, 1.54) is 18.4 Å². The Hall–Kier alpha value is -2.35. The van der Waals surface area contributed by atoms with E-state index in [-0.39, 0.29) is 24.1 Å². The zero-order valence-corrected chi connectivity index (χ0v) is 25.9. The number of benzene rings is 2. The van der Waals surface area contributed by atoms with Crippen LogP contribution >= 0.6 is 23.2 Å². The number of halogens is 3. The molecule has 41 heavy (non-hydrogen) atoms. The molecule has 0 aromatic heterocycles. The second-order valence-corrected chi connectivity index (χ2v) is 13.1. The van der Waals surface area contributed by atoms with Gasteiger partial charge in [0.05, 0.1) is 0 Å². The number of nitrogens with one attached hydrogen (secondary N) is 1. The smallest absolute Gasteiger partial charge is 0.408 e. The summed E-state index contributed by atoms with van der Waals surface area (Å²) in [7, 11) is 0. The fraction of sp³-hybridized carbons (Fsp3) is 0.562. The molecule has 0 spiro atoms. The number of carbonyl (C=O) groups excluding carboxylic acids is 2. The van der Waals surface area contributed by atoms with Gasteiger partial charge < -0.3 is 19.9 Å². The van der Waals surface area contributed by atoms with Crippen LogP contribution in [-0.4, -0.2) is 66.2 Å². The van der Waals surface area contributed by atoms with Crippen molar-refractivity contribution in [1.29, 1.82) is 0 Å². The Morgan fingerprint density at radius 1 is 1.02 bits per heavy atom. The van der Waals surface area contributed by atoms with Gasteiger partial charge in [0.25, 0.3) is 0 Å². The SMILES string of the molecule is CC(C)(C)OC(=O)N[C@H](Cc1ccc(Cl)cc1Cl)C(=O)N1CCC(c2ccc(F)cc2CCCN2CCCC2)CC1. The molecule has 2 aliphatic rings. The maximum Gasteiger partial charge on any atom is 0.408 e. The Kier molecular flexibility index (Phi) is 10.9. The summed E-state index contributed by atoms with van der Waals surface area (Å²) in [5.74, 6) is -0.121. The molecule has 0 bridgehead atoms. The number of carbonyl (C=O) groups is 2. The third-order valence-electron chi connectivity index (χ3n) is 7.90. The lowest BCUT2D eigenvalue weighted by molar-refractivity contribution is -0.134. The summed E-state index contributed by atoms with van der Waals surface area (Å²) in [6.45, 7) is 9.81. The molecule has 2 aromatic carbocycles. The number of amides is 2. The van der Waals surface area contributed by atoms with Crippen LogP contribution in [0.1, 0.15) is 75.5 Å². The third-order valence-corrected chi connectivity index (χ3v) is 8.49. The van der Waals surface area contributed by atoms with Crippen LogP contribution in [0.15, 0.2) is 36.4 Å². The number of ether oxygens (including phenoxy) is 1. The fourth-order valence-electron chi connectivity index (χ4n) is 5.88. The Balaban J connectivity index is 1.41. The molecule has 2 saturated heterocycles. The molecule has 0 unspecified atom stereocenters. The van der Waals surface area contributed by atoms with Crippen LogP contribution in [0.5, 0.6) is 0 Å². The van der Waals surface area contributed by atoms with E-state index in [2.05, 4.69) is 10.2 Å². The third kappa shape index (κ3) is 9.32. The number of aryl methyl sites for hydroxylation is 1. The van der Waals surface area contributed by atoms with Crippen molar-refractivity contribution in [3.8, 4) is 0 Å². The molecule has 2 fully saturated rings. The molecule has 1 N–H and O–H groups in total. The second kappa shape index (κ2) is 14.2. The maximum absolute atomic E-state index is 14.2. The Morgan fingerprint density at radius 3 is 2.39 bits per heavy atom. The average molecular weight is 607 g/mol. The van der Waals surface area contributed by atoms with Crippen molar-refractivity contribution >= 4 is 35.2 Å². The normalized spacial score (nSPS) is 17.5. The molecule has 2 aliphatic heterocycles. The minimum Gasteiger partial charge on any atom is -0.444 e. The summed E-state index contributed by atoms with van der Waals surface area (Å²) in [6.07, 6.45) is 5.51. The van der Waals surface area contributed by atoms with Gasteiger partial charge >= 0.3 is 6.09 Å². The van der Waals surface area contributed by atoms with Crippen molar-refractivity contribution in [3.63, 3.8) is 0 Å². The van der Waals surface area contributed by atoms with E-state index >= 15 is 0 Å². The van der Waals surface area contributed by atoms with E-state index in [0.717, 1.165) is 50.9 Å². The molecular formula is C32H42Cl2FN3O3. The van der Waals surface area contributed by atoms with Crippen LogP contribution in [-0.2, 0) is 22.4 Å². The lowest BCUT2D eigenvalue weighted by Gasteiger charge is -2.35. The van der Waals surface area contributed by atoms with Gasteiger partial charge in [-0.25, -0.2) is 9.18 Å². The molecule has 4 rings (SSSR count). The average Bonchev–Trinajstić information content (AvgIpc) is 3.42. The summed E-state index contributed by atoms with van der Waals surface area (Å²) < 4.78 is 19.7. The van der Waals surface area contributed by atoms with E-state index in [4.69, 9.17) is 27.9 Å². The molecule has 0 saturated carbocycles. The van der Waals surface area contributed by atoms with Gasteiger partial charge in [-0.3, -0.25) is 4.79 Å². The first-order chi connectivity index (χ1) is 19.5. The van der Waals surface area contributed by atoms with Crippen LogP contribution in [0.4, 0.5) is 9.18 Å². The number of piperidine rings is 1. The summed E-state index contributed by atoms with van der Waals surface area (Å²) in [6, 6.07) is 9.44. The van der Waals surface area contributed by atoms with Crippen molar-refractivity contribution in [2.75, 3.05) is 32.7 Å². The maximum atomic E-state index is 14.2. The molecule has 6 nitrogen and oxygen atoms in total. The number of nitrogens with zero attached hydrogens (tertiary/aromatic N) is 2. The number of likely N-dealkylation sites (tertiary alicyclic amines) is 2. The monoisotopic (exact) mass is 605 g/mol. The highest BCUT2D eigenvalue weighted by Crippen LogP contribution is 2.32. The van der Waals surface area contributed by atoms with Crippen LogP contribution < -0.4 is 5.32 Å². The number of rotatable bonds is 9. The highest BCUT2D eigenvalue weighted by Gasteiger charge is 2.32. The molecule has 2 amide bonds. The van der Waals surface area contributed by atoms with Crippen molar-refractivity contribution in [2.24, 2.45) is 0 Å². The minimum atomic E-state index is -0.841. The number of hydrogen-bond donors (Lipinski definition) is 1. The first kappa shape index (κ1) is 31.6. The van der Waals surface area contributed by atoms with E-state index in [0.29, 0.717) is 28.7 Å². The van der Waals surface area contributed by atoms with Crippen molar-refractivity contribution in [3.05, 3.63) is 69.0 Å². The fourth-order valence-corrected chi connectivity index (χ4v) is 6.36. The molecule has 224 valence electrons. The van der Waals surface area contributed by atoms with Gasteiger partial charge in [-0.2, -0.15) is 0 Å². The minimum absolute atomic E-state index is 0.176. The molecule has 1 atom stereocenters. The summed E-state index contributed by atoms with van der Waals surface area (Å²) in [5, 5.41) is 3.71. The topological polar surface area (TPSA) is 61.9 Å². The lowest BCUT2D eigenvalue weighted by Crippen LogP contribution is -2.52. The molecule has 2 heterocycles. The summed E-state index contributed by atoms with van der Waals surface area (Å²) >= 11 is 12.5. The Labute approximate surface area is 253 Å². The predicted molar refractivity (Wildman–Crippen MR) is 162 cm³/mol. The predicted octanol–water partition coefficient (Wildman–Crippen LogP) is 7.00. The Morgan fingerprint density at radius 2 is 1.73 bits per heavy atom. The van der Waals surface area contributed by atoms with Crippen LogP contribution in [0, 0.1) is 5.82 Å². The molecule has 2 aromatic rings. The largest absolute Gasteiger partial charge is 0.444 e.